The second-order valence-corrected chi connectivity index (χ2v) is 4.14. The third-order valence-electron chi connectivity index (χ3n) is 1.47. The average Bonchev–Trinajstić information content (AvgIpc) is 2.00. The third kappa shape index (κ3) is 6.67. The molecular weight excluding hydrogens is 194 g/mol. The Morgan fingerprint density at radius 2 is 1.64 bits per heavy atom. The summed E-state index contributed by atoms with van der Waals surface area (Å²) in [7, 11) is 0. The van der Waals surface area contributed by atoms with Gasteiger partial charge in [-0.15, -0.1) is 0 Å². The van der Waals surface area contributed by atoms with E-state index in [0.717, 1.165) is 11.3 Å². The van der Waals surface area contributed by atoms with Crippen LogP contribution in [0, 0.1) is 0 Å². The topological polar surface area (TPSA) is 12.4 Å². The van der Waals surface area contributed by atoms with Gasteiger partial charge in [0.05, 0.1) is 5.70 Å². The zero-order valence-corrected chi connectivity index (χ0v) is 10.3. The lowest BCUT2D eigenvalue weighted by Crippen LogP contribution is -1.82. The smallest absolute Gasteiger partial charge is 0.103 e. The first kappa shape index (κ1) is 13.2. The lowest BCUT2D eigenvalue weighted by atomic mass is 10.2. The van der Waals surface area contributed by atoms with Crippen molar-refractivity contribution in [3.8, 4) is 0 Å². The SMILES string of the molecule is CC(C)=C/C=C\C(N=C(C)Cl)=C(C)C. The predicted molar refractivity (Wildman–Crippen MR) is 65.9 cm³/mol. The Morgan fingerprint density at radius 1 is 1.07 bits per heavy atom. The first-order chi connectivity index (χ1) is 6.43. The monoisotopic (exact) mass is 211 g/mol. The van der Waals surface area contributed by atoms with Crippen LogP contribution in [0.15, 0.2) is 40.1 Å². The molecule has 0 heterocycles. The van der Waals surface area contributed by atoms with Crippen molar-refractivity contribution in [3.05, 3.63) is 35.1 Å². The van der Waals surface area contributed by atoms with Crippen LogP contribution in [0.5, 0.6) is 0 Å². The van der Waals surface area contributed by atoms with Crippen molar-refractivity contribution < 1.29 is 0 Å². The van der Waals surface area contributed by atoms with Gasteiger partial charge in [0, 0.05) is 0 Å². The van der Waals surface area contributed by atoms with Crippen molar-refractivity contribution in [1.82, 2.24) is 0 Å². The number of allylic oxidation sites excluding steroid dienone is 5. The van der Waals surface area contributed by atoms with Gasteiger partial charge in [-0.05, 0) is 40.7 Å². The molecule has 0 N–H and O–H groups in total. The van der Waals surface area contributed by atoms with Crippen LogP contribution in [0.1, 0.15) is 34.6 Å². The molecule has 0 aliphatic rings. The Labute approximate surface area is 91.9 Å². The van der Waals surface area contributed by atoms with Crippen molar-refractivity contribution >= 4 is 16.8 Å². The average molecular weight is 212 g/mol. The first-order valence-corrected chi connectivity index (χ1v) is 5.01. The van der Waals surface area contributed by atoms with Gasteiger partial charge in [0.2, 0.25) is 0 Å². The van der Waals surface area contributed by atoms with Crippen LogP contribution in [0.25, 0.3) is 0 Å². The highest BCUT2D eigenvalue weighted by molar-refractivity contribution is 6.64. The summed E-state index contributed by atoms with van der Waals surface area (Å²) >= 11 is 5.72. The van der Waals surface area contributed by atoms with Gasteiger partial charge >= 0.3 is 0 Å². The van der Waals surface area contributed by atoms with Gasteiger partial charge in [-0.2, -0.15) is 0 Å². The zero-order valence-electron chi connectivity index (χ0n) is 9.56. The van der Waals surface area contributed by atoms with Crippen LogP contribution >= 0.6 is 11.6 Å². The maximum atomic E-state index is 5.72. The van der Waals surface area contributed by atoms with Gasteiger partial charge in [-0.3, -0.25) is 0 Å². The van der Waals surface area contributed by atoms with Gasteiger partial charge < -0.3 is 0 Å². The van der Waals surface area contributed by atoms with E-state index in [2.05, 4.69) is 18.8 Å². The van der Waals surface area contributed by atoms with Crippen LogP contribution in [0.4, 0.5) is 0 Å². The molecule has 0 aliphatic heterocycles. The molecule has 0 aromatic heterocycles. The van der Waals surface area contributed by atoms with Crippen LogP contribution in [0.3, 0.4) is 0 Å². The lowest BCUT2D eigenvalue weighted by molar-refractivity contribution is 1.25. The minimum absolute atomic E-state index is 0.558. The minimum Gasteiger partial charge on any atom is -0.242 e. The van der Waals surface area contributed by atoms with Crippen LogP contribution in [-0.4, -0.2) is 5.17 Å². The third-order valence-corrected chi connectivity index (χ3v) is 1.55. The minimum atomic E-state index is 0.558. The fraction of sp³-hybridized carbons (Fsp3) is 0.417. The van der Waals surface area contributed by atoms with E-state index in [1.807, 2.05) is 32.1 Å². The van der Waals surface area contributed by atoms with E-state index in [-0.39, 0.29) is 0 Å². The second kappa shape index (κ2) is 6.61. The maximum absolute atomic E-state index is 5.72. The van der Waals surface area contributed by atoms with E-state index in [1.54, 1.807) is 6.92 Å². The second-order valence-electron chi connectivity index (χ2n) is 3.60. The molecule has 0 radical (unpaired) electrons. The van der Waals surface area contributed by atoms with E-state index < -0.39 is 0 Å². The molecule has 0 aromatic carbocycles. The Kier molecular flexibility index (Phi) is 6.22. The van der Waals surface area contributed by atoms with E-state index in [1.165, 1.54) is 5.57 Å². The van der Waals surface area contributed by atoms with Crippen molar-refractivity contribution in [3.63, 3.8) is 0 Å². The van der Waals surface area contributed by atoms with Crippen molar-refractivity contribution in [2.24, 2.45) is 4.99 Å². The highest BCUT2D eigenvalue weighted by atomic mass is 35.5. The van der Waals surface area contributed by atoms with Crippen LogP contribution < -0.4 is 0 Å². The van der Waals surface area contributed by atoms with Gasteiger partial charge in [0.1, 0.15) is 5.17 Å². The van der Waals surface area contributed by atoms with Gasteiger partial charge in [0.25, 0.3) is 0 Å². The summed E-state index contributed by atoms with van der Waals surface area (Å²) in [5.41, 5.74) is 3.35. The number of nitrogens with zero attached hydrogens (tertiary/aromatic N) is 1. The number of aliphatic imine (C=N–C) groups is 1. The molecule has 0 fully saturated rings. The van der Waals surface area contributed by atoms with E-state index in [9.17, 15) is 0 Å². The fourth-order valence-corrected chi connectivity index (χ4v) is 0.904. The molecule has 0 aromatic rings. The summed E-state index contributed by atoms with van der Waals surface area (Å²) in [6, 6.07) is 0. The van der Waals surface area contributed by atoms with Gasteiger partial charge in [-0.25, -0.2) is 4.99 Å². The molecule has 0 aliphatic carbocycles. The Bertz CT molecular complexity index is 294. The van der Waals surface area contributed by atoms with E-state index >= 15 is 0 Å². The highest BCUT2D eigenvalue weighted by Crippen LogP contribution is 2.08. The first-order valence-electron chi connectivity index (χ1n) is 4.63. The molecule has 0 amide bonds. The Morgan fingerprint density at radius 3 is 2.00 bits per heavy atom. The van der Waals surface area contributed by atoms with Crippen LogP contribution in [-0.2, 0) is 0 Å². The summed E-state index contributed by atoms with van der Waals surface area (Å²) in [6.45, 7) is 9.93. The maximum Gasteiger partial charge on any atom is 0.103 e. The molecule has 0 atom stereocenters. The molecule has 0 spiro atoms. The number of hydrogen-bond donors (Lipinski definition) is 0. The van der Waals surface area contributed by atoms with Crippen molar-refractivity contribution in [2.45, 2.75) is 34.6 Å². The zero-order chi connectivity index (χ0) is 11.1. The number of hydrogen-bond acceptors (Lipinski definition) is 1. The lowest BCUT2D eigenvalue weighted by Gasteiger charge is -1.97. The summed E-state index contributed by atoms with van der Waals surface area (Å²) in [6.07, 6.45) is 6.00. The largest absolute Gasteiger partial charge is 0.242 e. The molecule has 0 unspecified atom stereocenters. The molecule has 0 saturated carbocycles. The molecule has 2 heteroatoms. The molecule has 0 saturated heterocycles. The number of rotatable bonds is 3. The summed E-state index contributed by atoms with van der Waals surface area (Å²) in [5.74, 6) is 0. The summed E-state index contributed by atoms with van der Waals surface area (Å²) in [5, 5.41) is 0.558. The fourth-order valence-electron chi connectivity index (χ4n) is 0.813. The van der Waals surface area contributed by atoms with Gasteiger partial charge in [-0.1, -0.05) is 34.9 Å². The quantitative estimate of drug-likeness (QED) is 0.483. The Hall–Kier alpha value is -0.820. The molecule has 0 rings (SSSR count). The summed E-state index contributed by atoms with van der Waals surface area (Å²) in [4.78, 5) is 4.22. The summed E-state index contributed by atoms with van der Waals surface area (Å²) < 4.78 is 0. The molecular formula is C12H18ClN. The van der Waals surface area contributed by atoms with Crippen molar-refractivity contribution in [2.75, 3.05) is 0 Å². The van der Waals surface area contributed by atoms with E-state index in [4.69, 9.17) is 11.6 Å². The predicted octanol–water partition coefficient (Wildman–Crippen LogP) is 4.46. The molecule has 78 valence electrons. The highest BCUT2D eigenvalue weighted by Gasteiger charge is 1.91. The standard InChI is InChI=1S/C12H18ClN/c1-9(2)7-6-8-12(10(3)4)14-11(5)13/h6-8H,1-5H3/b8-6-,14-11?. The van der Waals surface area contributed by atoms with Crippen LogP contribution in [0.2, 0.25) is 0 Å². The normalized spacial score (nSPS) is 11.7. The number of halogens is 1. The molecule has 0 bridgehead atoms. The Balaban J connectivity index is 4.75. The van der Waals surface area contributed by atoms with E-state index in [0.29, 0.717) is 5.17 Å². The van der Waals surface area contributed by atoms with Crippen molar-refractivity contribution in [1.29, 1.82) is 0 Å². The molecule has 14 heavy (non-hydrogen) atoms. The van der Waals surface area contributed by atoms with Gasteiger partial charge in [0.15, 0.2) is 0 Å². The molecule has 1 nitrogen and oxygen atoms in total.